The van der Waals surface area contributed by atoms with Crippen LogP contribution >= 0.6 is 0 Å². The zero-order chi connectivity index (χ0) is 22.1. The fourth-order valence-electron chi connectivity index (χ4n) is 4.09. The molecule has 1 aliphatic heterocycles. The lowest BCUT2D eigenvalue weighted by molar-refractivity contribution is -0.129. The van der Waals surface area contributed by atoms with Gasteiger partial charge in [-0.3, -0.25) is 9.59 Å². The maximum Gasteiger partial charge on any atom is 0.290 e. The van der Waals surface area contributed by atoms with Gasteiger partial charge in [0.05, 0.1) is 11.6 Å². The third-order valence-corrected chi connectivity index (χ3v) is 5.92. The first kappa shape index (κ1) is 24.1. The Morgan fingerprint density at radius 1 is 1.00 bits per heavy atom. The summed E-state index contributed by atoms with van der Waals surface area (Å²) in [6.45, 7) is 11.5. The van der Waals surface area contributed by atoms with Gasteiger partial charge in [-0.15, -0.1) is 0 Å². The van der Waals surface area contributed by atoms with Gasteiger partial charge in [0.25, 0.3) is 5.91 Å². The predicted molar refractivity (Wildman–Crippen MR) is 121 cm³/mol. The lowest BCUT2D eigenvalue weighted by Crippen LogP contribution is -2.35. The zero-order valence-electron chi connectivity index (χ0n) is 19.1. The number of ketones is 1. The smallest absolute Gasteiger partial charge is 0.290 e. The van der Waals surface area contributed by atoms with Gasteiger partial charge in [-0.05, 0) is 63.4 Å². The molecule has 0 radical (unpaired) electrons. The first-order chi connectivity index (χ1) is 14.4. The van der Waals surface area contributed by atoms with Crippen LogP contribution in [0.2, 0.25) is 0 Å². The summed E-state index contributed by atoms with van der Waals surface area (Å²) in [6, 6.07) is 7.51. The molecule has 1 aromatic rings. The van der Waals surface area contributed by atoms with E-state index in [0.29, 0.717) is 6.54 Å². The van der Waals surface area contributed by atoms with Crippen LogP contribution in [0.1, 0.15) is 77.0 Å². The second-order valence-electron chi connectivity index (χ2n) is 8.22. The minimum absolute atomic E-state index is 0.220. The Morgan fingerprint density at radius 3 is 2.07 bits per heavy atom. The van der Waals surface area contributed by atoms with E-state index >= 15 is 0 Å². The standard InChI is InChI=1S/C25H38N2O3/c1-5-8-15-26(16-9-6-2)17-10-18-27-23(21-13-11-20(7-3)12-14-21)22(19(4)28)24(29)25(27)30/h11-14,23,29H,5-10,15-18H2,1-4H3. The van der Waals surface area contributed by atoms with Crippen molar-refractivity contribution in [1.29, 1.82) is 0 Å². The van der Waals surface area contributed by atoms with E-state index in [9.17, 15) is 14.7 Å². The molecular formula is C25H38N2O3. The van der Waals surface area contributed by atoms with Gasteiger partial charge in [0, 0.05) is 6.54 Å². The summed E-state index contributed by atoms with van der Waals surface area (Å²) in [4.78, 5) is 29.2. The largest absolute Gasteiger partial charge is 0.503 e. The van der Waals surface area contributed by atoms with Gasteiger partial charge >= 0.3 is 0 Å². The summed E-state index contributed by atoms with van der Waals surface area (Å²) in [7, 11) is 0. The van der Waals surface area contributed by atoms with Crippen LogP contribution in [0, 0.1) is 0 Å². The van der Waals surface area contributed by atoms with Crippen molar-refractivity contribution >= 4 is 11.7 Å². The number of carbonyl (C=O) groups is 2. The Bertz CT molecular complexity index is 731. The van der Waals surface area contributed by atoms with Gasteiger partial charge in [-0.2, -0.15) is 0 Å². The molecule has 1 atom stereocenters. The van der Waals surface area contributed by atoms with E-state index in [1.165, 1.54) is 38.2 Å². The molecule has 2 rings (SSSR count). The van der Waals surface area contributed by atoms with E-state index < -0.39 is 11.9 Å². The molecule has 1 aromatic carbocycles. The minimum atomic E-state index is -0.499. The van der Waals surface area contributed by atoms with E-state index in [1.807, 2.05) is 24.3 Å². The lowest BCUT2D eigenvalue weighted by Gasteiger charge is -2.28. The first-order valence-corrected chi connectivity index (χ1v) is 11.5. The number of benzene rings is 1. The van der Waals surface area contributed by atoms with E-state index in [2.05, 4.69) is 25.7 Å². The van der Waals surface area contributed by atoms with Crippen molar-refractivity contribution in [3.8, 4) is 0 Å². The number of Topliss-reactive ketones (excluding diaryl/α,β-unsaturated/α-hetero) is 1. The van der Waals surface area contributed by atoms with Crippen LogP contribution in [-0.4, -0.2) is 52.8 Å². The minimum Gasteiger partial charge on any atom is -0.503 e. The highest BCUT2D eigenvalue weighted by atomic mass is 16.3. The van der Waals surface area contributed by atoms with Gasteiger partial charge in [-0.1, -0.05) is 57.9 Å². The number of unbranched alkanes of at least 4 members (excludes halogenated alkanes) is 2. The average molecular weight is 415 g/mol. The van der Waals surface area contributed by atoms with Gasteiger partial charge < -0.3 is 14.9 Å². The molecule has 1 amide bonds. The third-order valence-electron chi connectivity index (χ3n) is 5.92. The molecule has 0 spiro atoms. The van der Waals surface area contributed by atoms with Crippen molar-refractivity contribution in [2.75, 3.05) is 26.2 Å². The van der Waals surface area contributed by atoms with Gasteiger partial charge in [-0.25, -0.2) is 0 Å². The molecule has 0 aliphatic carbocycles. The zero-order valence-corrected chi connectivity index (χ0v) is 19.1. The normalized spacial score (nSPS) is 16.8. The number of rotatable bonds is 13. The maximum atomic E-state index is 12.8. The molecule has 1 N–H and O–H groups in total. The van der Waals surface area contributed by atoms with Crippen molar-refractivity contribution in [2.24, 2.45) is 0 Å². The highest BCUT2D eigenvalue weighted by molar-refractivity contribution is 6.08. The van der Waals surface area contributed by atoms with Gasteiger partial charge in [0.1, 0.15) is 0 Å². The molecule has 0 saturated carbocycles. The Hall–Kier alpha value is -2.14. The van der Waals surface area contributed by atoms with Crippen LogP contribution in [0.4, 0.5) is 0 Å². The van der Waals surface area contributed by atoms with Crippen LogP contribution in [0.25, 0.3) is 0 Å². The quantitative estimate of drug-likeness (QED) is 0.502. The highest BCUT2D eigenvalue weighted by Crippen LogP contribution is 2.37. The fraction of sp³-hybridized carbons (Fsp3) is 0.600. The maximum absolute atomic E-state index is 12.8. The molecular weight excluding hydrogens is 376 g/mol. The Morgan fingerprint density at radius 2 is 1.57 bits per heavy atom. The van der Waals surface area contributed by atoms with Crippen LogP contribution in [0.3, 0.4) is 0 Å². The summed E-state index contributed by atoms with van der Waals surface area (Å²) >= 11 is 0. The molecule has 166 valence electrons. The number of aliphatic hydroxyl groups excluding tert-OH is 1. The van der Waals surface area contributed by atoms with E-state index in [1.54, 1.807) is 4.90 Å². The Labute approximate surface area is 181 Å². The van der Waals surface area contributed by atoms with E-state index in [-0.39, 0.29) is 17.1 Å². The molecule has 1 heterocycles. The molecule has 0 fully saturated rings. The number of carbonyl (C=O) groups excluding carboxylic acids is 2. The number of aryl methyl sites for hydroxylation is 1. The summed E-state index contributed by atoms with van der Waals surface area (Å²) in [5, 5.41) is 10.4. The van der Waals surface area contributed by atoms with E-state index in [0.717, 1.165) is 38.0 Å². The molecule has 5 heteroatoms. The summed E-state index contributed by atoms with van der Waals surface area (Å²) < 4.78 is 0. The third kappa shape index (κ3) is 5.94. The monoisotopic (exact) mass is 414 g/mol. The number of nitrogens with zero attached hydrogens (tertiary/aromatic N) is 2. The SMILES string of the molecule is CCCCN(CCCC)CCCN1C(=O)C(O)=C(C(C)=O)C1c1ccc(CC)cc1. The average Bonchev–Trinajstić information content (AvgIpc) is 3.00. The van der Waals surface area contributed by atoms with E-state index in [4.69, 9.17) is 0 Å². The van der Waals surface area contributed by atoms with Crippen molar-refractivity contribution in [3.63, 3.8) is 0 Å². The van der Waals surface area contributed by atoms with Crippen molar-refractivity contribution in [2.45, 2.75) is 72.3 Å². The van der Waals surface area contributed by atoms with Gasteiger partial charge in [0.2, 0.25) is 0 Å². The molecule has 1 unspecified atom stereocenters. The molecule has 0 saturated heterocycles. The van der Waals surface area contributed by atoms with Crippen molar-refractivity contribution in [1.82, 2.24) is 9.80 Å². The van der Waals surface area contributed by atoms with Crippen LogP contribution in [-0.2, 0) is 16.0 Å². The van der Waals surface area contributed by atoms with Gasteiger partial charge in [0.15, 0.2) is 11.5 Å². The van der Waals surface area contributed by atoms with Crippen molar-refractivity contribution < 1.29 is 14.7 Å². The summed E-state index contributed by atoms with van der Waals surface area (Å²) in [6.07, 6.45) is 6.44. The molecule has 0 bridgehead atoms. The second kappa shape index (κ2) is 11.9. The van der Waals surface area contributed by atoms with Crippen LogP contribution in [0.15, 0.2) is 35.6 Å². The molecule has 5 nitrogen and oxygen atoms in total. The molecule has 30 heavy (non-hydrogen) atoms. The number of aliphatic hydroxyl groups is 1. The molecule has 1 aliphatic rings. The van der Waals surface area contributed by atoms with Crippen LogP contribution < -0.4 is 0 Å². The van der Waals surface area contributed by atoms with Crippen LogP contribution in [0.5, 0.6) is 0 Å². The topological polar surface area (TPSA) is 60.9 Å². The number of hydrogen-bond donors (Lipinski definition) is 1. The Kier molecular flexibility index (Phi) is 9.57. The first-order valence-electron chi connectivity index (χ1n) is 11.5. The lowest BCUT2D eigenvalue weighted by atomic mass is 9.95. The molecule has 0 aromatic heterocycles. The number of hydrogen-bond acceptors (Lipinski definition) is 4. The highest BCUT2D eigenvalue weighted by Gasteiger charge is 2.41. The Balaban J connectivity index is 2.15. The summed E-state index contributed by atoms with van der Waals surface area (Å²) in [5.41, 5.74) is 2.30. The van der Waals surface area contributed by atoms with Crippen molar-refractivity contribution in [3.05, 3.63) is 46.7 Å². The predicted octanol–water partition coefficient (Wildman–Crippen LogP) is 4.83. The number of amides is 1. The fourth-order valence-corrected chi connectivity index (χ4v) is 4.09. The summed E-state index contributed by atoms with van der Waals surface area (Å²) in [5.74, 6) is -1.07. The second-order valence-corrected chi connectivity index (χ2v) is 8.22.